The molecule has 29 heteroatoms. The van der Waals surface area contributed by atoms with Crippen LogP contribution in [0.5, 0.6) is 0 Å². The van der Waals surface area contributed by atoms with E-state index in [9.17, 15) is 63.0 Å². The molecule has 11 atom stereocenters. The van der Waals surface area contributed by atoms with Gasteiger partial charge in [-0.1, -0.05) is 0 Å². The normalized spacial score (nSPS) is 24.0. The highest BCUT2D eigenvalue weighted by Crippen LogP contribution is 2.30. The highest BCUT2D eigenvalue weighted by atomic mass is 32.1. The number of thiol groups is 2. The fourth-order valence-electron chi connectivity index (χ4n) is 10.3. The van der Waals surface area contributed by atoms with E-state index in [0.29, 0.717) is 32.1 Å². The number of rotatable bonds is 23. The number of amides is 9. The lowest BCUT2D eigenvalue weighted by Gasteiger charge is -2.35. The molecule has 0 saturated carbocycles. The highest BCUT2D eigenvalue weighted by Gasteiger charge is 2.48. The van der Waals surface area contributed by atoms with E-state index in [1.807, 2.05) is 0 Å². The number of aliphatic hydroxyl groups is 1. The number of carbonyl (C=O) groups excluding carboxylic acids is 9. The minimum Gasteiger partial charge on any atom is -0.481 e. The molecule has 13 N–H and O–H groups in total. The third-order valence-corrected chi connectivity index (χ3v) is 14.8. The Hall–Kier alpha value is -5.94. The molecule has 5 rings (SSSR count). The van der Waals surface area contributed by atoms with Gasteiger partial charge in [-0.2, -0.15) is 25.3 Å². The van der Waals surface area contributed by atoms with Crippen LogP contribution in [0.25, 0.3) is 0 Å². The number of hydrogen-bond donors (Lipinski definition) is 12. The Morgan fingerprint density at radius 3 is 1.49 bits per heavy atom. The topological polar surface area (TPSA) is 403 Å². The number of nitrogens with one attached hydrogen (secondary N) is 4. The lowest BCUT2D eigenvalue weighted by molar-refractivity contribution is -0.152. The summed E-state index contributed by atoms with van der Waals surface area (Å²) in [5.41, 5.74) is 16.6. The zero-order chi connectivity index (χ0) is 54.6. The Morgan fingerprint density at radius 2 is 1.00 bits per heavy atom. The van der Waals surface area contributed by atoms with Crippen LogP contribution in [0.15, 0.2) is 4.99 Å². The number of carboxylic acid groups (broad SMARTS) is 2. The number of nitrogens with zero attached hydrogens (tertiary/aromatic N) is 6. The van der Waals surface area contributed by atoms with Crippen molar-refractivity contribution < 1.29 is 68.1 Å². The van der Waals surface area contributed by atoms with Gasteiger partial charge in [-0.25, -0.2) is 4.79 Å². The van der Waals surface area contributed by atoms with E-state index in [1.165, 1.54) is 31.4 Å². The first kappa shape index (κ1) is 58.9. The molecule has 0 bridgehead atoms. The average molecular weight is 1080 g/mol. The van der Waals surface area contributed by atoms with Gasteiger partial charge in [-0.15, -0.1) is 0 Å². The van der Waals surface area contributed by atoms with E-state index in [2.05, 4.69) is 51.5 Å². The van der Waals surface area contributed by atoms with Crippen molar-refractivity contribution in [2.45, 2.75) is 157 Å². The van der Waals surface area contributed by atoms with Crippen molar-refractivity contribution in [1.82, 2.24) is 45.8 Å². The van der Waals surface area contributed by atoms with Gasteiger partial charge < -0.3 is 78.3 Å². The van der Waals surface area contributed by atoms with Crippen molar-refractivity contribution in [3.05, 3.63) is 0 Å². The van der Waals surface area contributed by atoms with Crippen LogP contribution >= 0.6 is 25.3 Å². The Labute approximate surface area is 438 Å². The van der Waals surface area contributed by atoms with Gasteiger partial charge in [0.2, 0.25) is 53.2 Å². The minimum atomic E-state index is -1.55. The number of aliphatic hydroxyl groups excluding tert-OH is 1. The SMILES string of the molecule is C[C@@H](O)[C@H](NC(=O)[C@@H](N)CC(=O)O)C(=O)N1CCC[C@H]1C(=O)N1CCC[C@H]1C(=O)N1CCC[C@H]1C(=O)N[C@@H](CS)C(=O)N1CCC[C@H]1C(=O)N[C@@H](CCCN=C(N)N)C(=O)N[C@@H](CS)C(=O)N1CCC[C@H]1C(=O)O. The smallest absolute Gasteiger partial charge is 0.326 e. The molecular weight excluding hydrogens is 1010 g/mol. The van der Waals surface area contributed by atoms with E-state index < -0.39 is 138 Å². The zero-order valence-corrected chi connectivity index (χ0v) is 43.1. The predicted octanol–water partition coefficient (Wildman–Crippen LogP) is -4.94. The van der Waals surface area contributed by atoms with Gasteiger partial charge in [0.15, 0.2) is 5.96 Å². The zero-order valence-electron chi connectivity index (χ0n) is 41.3. The molecule has 5 aliphatic heterocycles. The third-order valence-electron chi connectivity index (χ3n) is 14.1. The van der Waals surface area contributed by atoms with Gasteiger partial charge in [0.05, 0.1) is 18.6 Å². The molecule has 0 unspecified atom stereocenters. The second kappa shape index (κ2) is 27.0. The summed E-state index contributed by atoms with van der Waals surface area (Å²) in [5, 5.41) is 39.5. The number of aliphatic imine (C=N–C) groups is 1. The standard InChI is InChI=1S/C45H71N13O14S2/c1-23(59)34(53-35(62)24(46)20-33(60)61)43(70)57-18-6-12-31(57)42(69)56-17-5-11-30(56)41(68)55-16-4-10-29(55)38(65)52-27(22-74)39(66)54-15-3-9-28(54)37(64)50-25(8-2-14-49-45(47)48)36(63)51-26(21-73)40(67)58-19-7-13-32(58)44(71)72/h23-32,34,59,73-74H,2-22,46H2,1H3,(H,50,64)(H,51,63)(H,52,65)(H,53,62)(H,60,61)(H,71,72)(H4,47,48,49)/t23-,24+,25+,26+,27+,28+,29+,30+,31+,32+,34+/m1/s1. The molecule has 74 heavy (non-hydrogen) atoms. The Morgan fingerprint density at radius 1 is 0.581 bits per heavy atom. The highest BCUT2D eigenvalue weighted by molar-refractivity contribution is 7.80. The lowest BCUT2D eigenvalue weighted by atomic mass is 10.1. The molecule has 9 amide bonds. The molecule has 0 aromatic heterocycles. The first-order chi connectivity index (χ1) is 35.1. The maximum atomic E-state index is 14.4. The fourth-order valence-corrected chi connectivity index (χ4v) is 10.8. The number of likely N-dealkylation sites (tertiary alicyclic amines) is 5. The van der Waals surface area contributed by atoms with E-state index in [4.69, 9.17) is 22.3 Å². The van der Waals surface area contributed by atoms with Crippen LogP contribution in [0.2, 0.25) is 0 Å². The van der Waals surface area contributed by atoms with Crippen LogP contribution in [0.4, 0.5) is 0 Å². The van der Waals surface area contributed by atoms with Crippen LogP contribution in [-0.2, 0) is 52.7 Å². The van der Waals surface area contributed by atoms with Crippen LogP contribution in [0.1, 0.15) is 90.4 Å². The molecule has 0 spiro atoms. The molecule has 412 valence electrons. The first-order valence-corrected chi connectivity index (χ1v) is 26.3. The Balaban J connectivity index is 1.22. The van der Waals surface area contributed by atoms with Crippen molar-refractivity contribution in [1.29, 1.82) is 0 Å². The van der Waals surface area contributed by atoms with Gasteiger partial charge in [0.25, 0.3) is 0 Å². The molecule has 27 nitrogen and oxygen atoms in total. The largest absolute Gasteiger partial charge is 0.481 e. The monoisotopic (exact) mass is 1080 g/mol. The van der Waals surface area contributed by atoms with Crippen molar-refractivity contribution in [3.8, 4) is 0 Å². The molecule has 0 aliphatic carbocycles. The quantitative estimate of drug-likeness (QED) is 0.0197. The Kier molecular flexibility index (Phi) is 21.5. The van der Waals surface area contributed by atoms with Gasteiger partial charge in [0, 0.05) is 50.8 Å². The number of nitrogens with two attached hydrogens (primary N) is 3. The summed E-state index contributed by atoms with van der Waals surface area (Å²) in [6.07, 6.45) is 1.33. The van der Waals surface area contributed by atoms with Crippen LogP contribution < -0.4 is 38.5 Å². The second-order valence-corrected chi connectivity index (χ2v) is 19.9. The van der Waals surface area contributed by atoms with Gasteiger partial charge in [0.1, 0.15) is 54.4 Å². The van der Waals surface area contributed by atoms with Crippen molar-refractivity contribution in [2.75, 3.05) is 50.8 Å². The number of aliphatic carboxylic acids is 2. The Bertz CT molecular complexity index is 2170. The predicted molar refractivity (Wildman–Crippen MR) is 269 cm³/mol. The summed E-state index contributed by atoms with van der Waals surface area (Å²) in [5.74, 6) is -9.27. The maximum Gasteiger partial charge on any atom is 0.326 e. The van der Waals surface area contributed by atoms with Gasteiger partial charge in [-0.3, -0.25) is 52.9 Å². The summed E-state index contributed by atoms with van der Waals surface area (Å²) < 4.78 is 0. The molecule has 0 aromatic rings. The van der Waals surface area contributed by atoms with E-state index >= 15 is 0 Å². The number of carboxylic acids is 2. The van der Waals surface area contributed by atoms with E-state index in [1.54, 1.807) is 0 Å². The summed E-state index contributed by atoms with van der Waals surface area (Å²) in [6, 6.07) is -12.0. The molecule has 0 aromatic carbocycles. The average Bonchev–Trinajstić information content (AvgIpc) is 4.22. The molecule has 5 heterocycles. The third kappa shape index (κ3) is 14.5. The van der Waals surface area contributed by atoms with Crippen molar-refractivity contribution in [3.63, 3.8) is 0 Å². The molecule has 5 aliphatic rings. The molecule has 0 radical (unpaired) electrons. The first-order valence-electron chi connectivity index (χ1n) is 25.0. The molecular formula is C45H71N13O14S2. The van der Waals surface area contributed by atoms with Crippen LogP contribution in [-0.4, -0.2) is 228 Å². The summed E-state index contributed by atoms with van der Waals surface area (Å²) >= 11 is 8.60. The number of carbonyl (C=O) groups is 11. The maximum absolute atomic E-state index is 14.4. The van der Waals surface area contributed by atoms with Crippen molar-refractivity contribution in [2.24, 2.45) is 22.2 Å². The minimum absolute atomic E-state index is 0.00140. The molecule has 5 fully saturated rings. The van der Waals surface area contributed by atoms with E-state index in [-0.39, 0.29) is 102 Å². The second-order valence-electron chi connectivity index (χ2n) is 19.2. The van der Waals surface area contributed by atoms with Crippen LogP contribution in [0, 0.1) is 0 Å². The fraction of sp³-hybridized carbons (Fsp3) is 0.733. The molecule has 5 saturated heterocycles. The number of guanidine groups is 1. The summed E-state index contributed by atoms with van der Waals surface area (Å²) in [6.45, 7) is 2.08. The summed E-state index contributed by atoms with van der Waals surface area (Å²) in [4.78, 5) is 158. The van der Waals surface area contributed by atoms with Gasteiger partial charge >= 0.3 is 11.9 Å². The van der Waals surface area contributed by atoms with Crippen molar-refractivity contribution >= 4 is 96.3 Å². The van der Waals surface area contributed by atoms with E-state index in [0.717, 1.165) is 0 Å². The van der Waals surface area contributed by atoms with Gasteiger partial charge in [-0.05, 0) is 84.0 Å². The lowest BCUT2D eigenvalue weighted by Crippen LogP contribution is -2.61. The number of hydrogen-bond acceptors (Lipinski definition) is 16. The summed E-state index contributed by atoms with van der Waals surface area (Å²) in [7, 11) is 0. The van der Waals surface area contributed by atoms with Crippen LogP contribution in [0.3, 0.4) is 0 Å².